The molecule has 1 amide bonds. The average Bonchev–Trinajstić information content (AvgIpc) is 2.74. The van der Waals surface area contributed by atoms with E-state index >= 15 is 0 Å². The molecular formula is C23H30BNO5. The second-order valence-corrected chi connectivity index (χ2v) is 8.69. The summed E-state index contributed by atoms with van der Waals surface area (Å²) in [6.45, 7) is 10.4. The maximum Gasteiger partial charge on any atom is 0.494 e. The zero-order valence-electron chi connectivity index (χ0n) is 18.5. The van der Waals surface area contributed by atoms with E-state index in [4.69, 9.17) is 14.0 Å². The van der Waals surface area contributed by atoms with Crippen LogP contribution < -0.4 is 5.46 Å². The van der Waals surface area contributed by atoms with Crippen molar-refractivity contribution in [3.05, 3.63) is 52.6 Å². The Labute approximate surface area is 179 Å². The molecule has 2 heterocycles. The first-order valence-electron chi connectivity index (χ1n) is 10.3. The first-order valence-corrected chi connectivity index (χ1v) is 10.3. The van der Waals surface area contributed by atoms with Crippen LogP contribution in [0.3, 0.4) is 0 Å². The van der Waals surface area contributed by atoms with Crippen molar-refractivity contribution in [2.24, 2.45) is 5.41 Å². The highest BCUT2D eigenvalue weighted by Gasteiger charge is 2.37. The summed E-state index contributed by atoms with van der Waals surface area (Å²) in [7, 11) is 0.690. The van der Waals surface area contributed by atoms with Crippen LogP contribution in [0.5, 0.6) is 0 Å². The lowest BCUT2D eigenvalue weighted by atomic mass is 9.72. The van der Waals surface area contributed by atoms with Crippen molar-refractivity contribution in [3.63, 3.8) is 0 Å². The predicted octanol–water partition coefficient (Wildman–Crippen LogP) is 2.98. The van der Waals surface area contributed by atoms with Crippen LogP contribution in [0.2, 0.25) is 0 Å². The van der Waals surface area contributed by atoms with Gasteiger partial charge in [0.2, 0.25) is 0 Å². The summed E-state index contributed by atoms with van der Waals surface area (Å²) in [5.74, 6) is -0.617. The van der Waals surface area contributed by atoms with Gasteiger partial charge < -0.3 is 18.9 Å². The molecule has 2 aliphatic rings. The summed E-state index contributed by atoms with van der Waals surface area (Å²) in [5, 5.41) is 0. The lowest BCUT2D eigenvalue weighted by Crippen LogP contribution is -2.50. The van der Waals surface area contributed by atoms with Crippen molar-refractivity contribution in [3.8, 4) is 0 Å². The molecule has 30 heavy (non-hydrogen) atoms. The van der Waals surface area contributed by atoms with Gasteiger partial charge in [-0.2, -0.15) is 0 Å². The number of carbonyl (C=O) groups excluding carboxylic acids is 2. The van der Waals surface area contributed by atoms with E-state index < -0.39 is 13.1 Å². The number of rotatable bonds is 4. The largest absolute Gasteiger partial charge is 0.494 e. The van der Waals surface area contributed by atoms with Crippen LogP contribution >= 0.6 is 0 Å². The number of esters is 1. The Hall–Kier alpha value is -2.38. The van der Waals surface area contributed by atoms with Crippen LogP contribution in [-0.2, 0) is 14.0 Å². The number of hydrogen-bond acceptors (Lipinski definition) is 5. The van der Waals surface area contributed by atoms with Gasteiger partial charge in [-0.15, -0.1) is 0 Å². The summed E-state index contributed by atoms with van der Waals surface area (Å²) < 4.78 is 16.7. The smallest absolute Gasteiger partial charge is 0.465 e. The fourth-order valence-electron chi connectivity index (χ4n) is 3.69. The van der Waals surface area contributed by atoms with Crippen molar-refractivity contribution in [1.29, 1.82) is 0 Å². The molecule has 1 saturated heterocycles. The monoisotopic (exact) mass is 411 g/mol. The Bertz CT molecular complexity index is 880. The zero-order valence-corrected chi connectivity index (χ0v) is 18.5. The van der Waals surface area contributed by atoms with Crippen molar-refractivity contribution in [2.75, 3.05) is 33.4 Å². The second-order valence-electron chi connectivity index (χ2n) is 8.69. The predicted molar refractivity (Wildman–Crippen MR) is 117 cm³/mol. The summed E-state index contributed by atoms with van der Waals surface area (Å²) in [6, 6.07) is 4.98. The van der Waals surface area contributed by atoms with Gasteiger partial charge in [0.05, 0.1) is 12.7 Å². The second kappa shape index (κ2) is 9.19. The maximum absolute atomic E-state index is 13.5. The molecule has 1 aromatic rings. The van der Waals surface area contributed by atoms with Gasteiger partial charge in [-0.25, -0.2) is 4.79 Å². The summed E-state index contributed by atoms with van der Waals surface area (Å²) in [6.07, 6.45) is 4.86. The van der Waals surface area contributed by atoms with Crippen LogP contribution in [0.15, 0.2) is 41.5 Å². The lowest BCUT2D eigenvalue weighted by molar-refractivity contribution is 0.0341. The van der Waals surface area contributed by atoms with Crippen molar-refractivity contribution in [2.45, 2.75) is 34.1 Å². The quantitative estimate of drug-likeness (QED) is 0.563. The maximum atomic E-state index is 13.5. The van der Waals surface area contributed by atoms with E-state index in [9.17, 15) is 9.59 Å². The van der Waals surface area contributed by atoms with E-state index in [1.54, 1.807) is 18.2 Å². The zero-order chi connectivity index (χ0) is 21.9. The van der Waals surface area contributed by atoms with E-state index in [1.165, 1.54) is 12.7 Å². The van der Waals surface area contributed by atoms with Crippen LogP contribution in [0, 0.1) is 5.41 Å². The number of amides is 1. The Morgan fingerprint density at radius 3 is 2.57 bits per heavy atom. The van der Waals surface area contributed by atoms with Crippen molar-refractivity contribution >= 4 is 24.5 Å². The van der Waals surface area contributed by atoms with E-state index in [0.717, 1.165) is 12.0 Å². The third-order valence-corrected chi connectivity index (χ3v) is 5.53. The molecule has 0 N–H and O–H groups in total. The number of hydrogen-bond donors (Lipinski definition) is 0. The number of benzene rings is 1. The van der Waals surface area contributed by atoms with E-state index in [1.807, 2.05) is 17.9 Å². The van der Waals surface area contributed by atoms with Gasteiger partial charge in [-0.05, 0) is 43.4 Å². The van der Waals surface area contributed by atoms with Crippen LogP contribution in [0.1, 0.15) is 54.8 Å². The topological polar surface area (TPSA) is 65.1 Å². The molecule has 1 fully saturated rings. The van der Waals surface area contributed by atoms with Gasteiger partial charge in [0.1, 0.15) is 0 Å². The highest BCUT2D eigenvalue weighted by molar-refractivity contribution is 6.63. The molecule has 0 atom stereocenters. The standard InChI is InChI=1S/C23H30BNO5/c1-6-7-18-13-25(11-10-16(18)2)21(26)19-12-17(22(27)28-5)8-9-20(19)24-29-14-23(3,4)15-30-24/h6-9,12H,10-11,13-15H2,1-5H3/b7-6-. The Morgan fingerprint density at radius 1 is 1.23 bits per heavy atom. The molecule has 160 valence electrons. The van der Waals surface area contributed by atoms with E-state index in [2.05, 4.69) is 26.8 Å². The molecule has 0 spiro atoms. The number of methoxy groups -OCH3 is 1. The SMILES string of the molecule is C/C=C\C1=C(C)CCN(C(=O)c2cc(C(=O)OC)ccc2B2OCC(C)(C)CO2)C1. The third kappa shape index (κ3) is 4.85. The molecule has 0 saturated carbocycles. The molecule has 6 nitrogen and oxygen atoms in total. The first kappa shape index (κ1) is 22.3. The van der Waals surface area contributed by atoms with Gasteiger partial charge in [0.15, 0.2) is 0 Å². The Morgan fingerprint density at radius 2 is 1.93 bits per heavy atom. The molecule has 7 heteroatoms. The molecule has 2 aliphatic heterocycles. The number of nitrogens with zero attached hydrogens (tertiary/aromatic N) is 1. The minimum atomic E-state index is -0.638. The molecule has 0 radical (unpaired) electrons. The summed E-state index contributed by atoms with van der Waals surface area (Å²) in [4.78, 5) is 27.4. The van der Waals surface area contributed by atoms with Crippen LogP contribution in [0.25, 0.3) is 0 Å². The van der Waals surface area contributed by atoms with Gasteiger partial charge in [-0.1, -0.05) is 37.6 Å². The average molecular weight is 411 g/mol. The Kier molecular flexibility index (Phi) is 6.83. The lowest BCUT2D eigenvalue weighted by Gasteiger charge is -2.34. The minimum Gasteiger partial charge on any atom is -0.465 e. The van der Waals surface area contributed by atoms with Crippen molar-refractivity contribution < 1.29 is 23.6 Å². The normalized spacial score (nSPS) is 19.4. The van der Waals surface area contributed by atoms with Crippen LogP contribution in [0.4, 0.5) is 0 Å². The highest BCUT2D eigenvalue weighted by Crippen LogP contribution is 2.24. The van der Waals surface area contributed by atoms with Gasteiger partial charge in [-0.3, -0.25) is 4.79 Å². The molecule has 0 bridgehead atoms. The molecule has 3 rings (SSSR count). The third-order valence-electron chi connectivity index (χ3n) is 5.53. The summed E-state index contributed by atoms with van der Waals surface area (Å²) in [5.41, 5.74) is 3.75. The number of allylic oxidation sites excluding steroid dienone is 1. The molecule has 0 unspecified atom stereocenters. The van der Waals surface area contributed by atoms with Gasteiger partial charge in [0, 0.05) is 37.3 Å². The molecule has 0 aliphatic carbocycles. The van der Waals surface area contributed by atoms with E-state index in [-0.39, 0.29) is 11.3 Å². The molecular weight excluding hydrogens is 381 g/mol. The fourth-order valence-corrected chi connectivity index (χ4v) is 3.69. The molecule has 1 aromatic carbocycles. The number of carbonyl (C=O) groups is 2. The van der Waals surface area contributed by atoms with Gasteiger partial charge >= 0.3 is 13.1 Å². The highest BCUT2D eigenvalue weighted by atomic mass is 16.6. The van der Waals surface area contributed by atoms with E-state index in [0.29, 0.717) is 42.9 Å². The number of ether oxygens (including phenoxy) is 1. The molecule has 0 aromatic heterocycles. The van der Waals surface area contributed by atoms with Gasteiger partial charge in [0.25, 0.3) is 5.91 Å². The van der Waals surface area contributed by atoms with Crippen molar-refractivity contribution in [1.82, 2.24) is 4.90 Å². The minimum absolute atomic E-state index is 0.0801. The first-order chi connectivity index (χ1) is 14.3. The Balaban J connectivity index is 1.94. The van der Waals surface area contributed by atoms with Crippen LogP contribution in [-0.4, -0.2) is 57.3 Å². The summed E-state index contributed by atoms with van der Waals surface area (Å²) >= 11 is 0. The fraction of sp³-hybridized carbons (Fsp3) is 0.478.